The van der Waals surface area contributed by atoms with Crippen LogP contribution >= 0.6 is 0 Å². The van der Waals surface area contributed by atoms with Gasteiger partial charge in [-0.25, -0.2) is 0 Å². The van der Waals surface area contributed by atoms with Crippen LogP contribution in [0, 0.1) is 18.3 Å². The van der Waals surface area contributed by atoms with E-state index in [2.05, 4.69) is 11.4 Å². The number of carboxylic acids is 1. The van der Waals surface area contributed by atoms with Crippen LogP contribution in [0.5, 0.6) is 0 Å². The van der Waals surface area contributed by atoms with Crippen molar-refractivity contribution in [2.75, 3.05) is 5.32 Å². The van der Waals surface area contributed by atoms with Crippen LogP contribution in [0.4, 0.5) is 5.69 Å². The number of nitrogens with one attached hydrogen (secondary N) is 1. The Kier molecular flexibility index (Phi) is 4.53. The number of carbonyl (C=O) groups is 1. The maximum absolute atomic E-state index is 10.6. The highest BCUT2D eigenvalue weighted by atomic mass is 16.4. The van der Waals surface area contributed by atoms with Crippen LogP contribution in [-0.4, -0.2) is 17.1 Å². The summed E-state index contributed by atoms with van der Waals surface area (Å²) in [7, 11) is 0. The fourth-order valence-corrected chi connectivity index (χ4v) is 1.62. The number of benzene rings is 1. The van der Waals surface area contributed by atoms with Gasteiger partial charge < -0.3 is 10.4 Å². The van der Waals surface area contributed by atoms with Gasteiger partial charge in [0.1, 0.15) is 0 Å². The second-order valence-corrected chi connectivity index (χ2v) is 3.99. The second kappa shape index (κ2) is 5.90. The third-order valence-corrected chi connectivity index (χ3v) is 2.63. The van der Waals surface area contributed by atoms with Gasteiger partial charge in [-0.05, 0) is 37.1 Å². The van der Waals surface area contributed by atoms with Gasteiger partial charge in [0.15, 0.2) is 0 Å². The van der Waals surface area contributed by atoms with E-state index in [1.807, 2.05) is 19.9 Å². The minimum Gasteiger partial charge on any atom is -0.481 e. The summed E-state index contributed by atoms with van der Waals surface area (Å²) in [6.07, 6.45) is 0.834. The number of hydrogen-bond acceptors (Lipinski definition) is 3. The van der Waals surface area contributed by atoms with Crippen molar-refractivity contribution in [1.82, 2.24) is 0 Å². The molecule has 0 heterocycles. The second-order valence-electron chi connectivity index (χ2n) is 3.99. The number of hydrogen-bond donors (Lipinski definition) is 2. The number of aryl methyl sites for hydroxylation is 1. The van der Waals surface area contributed by atoms with Gasteiger partial charge in [-0.1, -0.05) is 6.92 Å². The maximum Gasteiger partial charge on any atom is 0.305 e. The van der Waals surface area contributed by atoms with Crippen molar-refractivity contribution in [3.05, 3.63) is 29.3 Å². The first-order valence-corrected chi connectivity index (χ1v) is 5.56. The Balaban J connectivity index is 2.77. The van der Waals surface area contributed by atoms with Gasteiger partial charge in [-0.2, -0.15) is 5.26 Å². The van der Waals surface area contributed by atoms with Gasteiger partial charge in [-0.3, -0.25) is 4.79 Å². The summed E-state index contributed by atoms with van der Waals surface area (Å²) in [5.41, 5.74) is 2.39. The van der Waals surface area contributed by atoms with Gasteiger partial charge in [-0.15, -0.1) is 0 Å². The van der Waals surface area contributed by atoms with E-state index in [1.54, 1.807) is 12.1 Å². The van der Waals surface area contributed by atoms with Crippen LogP contribution in [0.3, 0.4) is 0 Å². The summed E-state index contributed by atoms with van der Waals surface area (Å²) < 4.78 is 0. The Morgan fingerprint density at radius 1 is 1.59 bits per heavy atom. The van der Waals surface area contributed by atoms with Crippen LogP contribution in [0.15, 0.2) is 18.2 Å². The molecule has 0 aliphatic rings. The molecule has 0 bridgehead atoms. The molecule has 0 spiro atoms. The molecular formula is C13H16N2O2. The lowest BCUT2D eigenvalue weighted by atomic mass is 10.1. The smallest absolute Gasteiger partial charge is 0.305 e. The summed E-state index contributed by atoms with van der Waals surface area (Å²) in [5.74, 6) is -0.810. The van der Waals surface area contributed by atoms with Crippen molar-refractivity contribution >= 4 is 11.7 Å². The Morgan fingerprint density at radius 2 is 2.29 bits per heavy atom. The van der Waals surface area contributed by atoms with Gasteiger partial charge in [0, 0.05) is 11.7 Å². The molecule has 90 valence electrons. The zero-order chi connectivity index (χ0) is 12.8. The molecule has 1 atom stereocenters. The van der Waals surface area contributed by atoms with Crippen LogP contribution in [0.1, 0.15) is 30.9 Å². The van der Waals surface area contributed by atoms with Crippen LogP contribution in [-0.2, 0) is 4.79 Å². The van der Waals surface area contributed by atoms with E-state index in [9.17, 15) is 4.79 Å². The molecule has 0 aromatic heterocycles. The van der Waals surface area contributed by atoms with Crippen molar-refractivity contribution in [1.29, 1.82) is 5.26 Å². The molecule has 1 aromatic carbocycles. The molecular weight excluding hydrogens is 216 g/mol. The summed E-state index contributed by atoms with van der Waals surface area (Å²) in [6, 6.07) is 7.42. The monoisotopic (exact) mass is 232 g/mol. The van der Waals surface area contributed by atoms with Crippen molar-refractivity contribution in [2.24, 2.45) is 0 Å². The highest BCUT2D eigenvalue weighted by Crippen LogP contribution is 2.16. The number of nitrogens with zero attached hydrogens (tertiary/aromatic N) is 1. The van der Waals surface area contributed by atoms with Crippen LogP contribution in [0.25, 0.3) is 0 Å². The molecule has 1 aromatic rings. The largest absolute Gasteiger partial charge is 0.481 e. The molecule has 0 aliphatic carbocycles. The SMILES string of the molecule is CCC(CC(=O)O)Nc1ccc(C#N)c(C)c1. The molecule has 0 fully saturated rings. The first kappa shape index (κ1) is 13.0. The Hall–Kier alpha value is -2.02. The summed E-state index contributed by atoms with van der Waals surface area (Å²) in [6.45, 7) is 3.80. The Bertz CT molecular complexity index is 449. The van der Waals surface area contributed by atoms with Crippen molar-refractivity contribution in [3.63, 3.8) is 0 Å². The normalized spacial score (nSPS) is 11.6. The zero-order valence-corrected chi connectivity index (χ0v) is 10.0. The van der Waals surface area contributed by atoms with Crippen molar-refractivity contribution in [3.8, 4) is 6.07 Å². The molecule has 0 amide bonds. The standard InChI is InChI=1S/C13H16N2O2/c1-3-11(7-13(16)17)15-12-5-4-10(8-14)9(2)6-12/h4-6,11,15H,3,7H2,1-2H3,(H,16,17). The number of rotatable bonds is 5. The topological polar surface area (TPSA) is 73.1 Å². The van der Waals surface area contributed by atoms with Gasteiger partial charge >= 0.3 is 5.97 Å². The lowest BCUT2D eigenvalue weighted by Gasteiger charge is -2.16. The number of carboxylic acid groups (broad SMARTS) is 1. The minimum absolute atomic E-state index is 0.0835. The highest BCUT2D eigenvalue weighted by Gasteiger charge is 2.11. The Morgan fingerprint density at radius 3 is 2.76 bits per heavy atom. The lowest BCUT2D eigenvalue weighted by Crippen LogP contribution is -2.22. The van der Waals surface area contributed by atoms with Crippen LogP contribution in [0.2, 0.25) is 0 Å². The quantitative estimate of drug-likeness (QED) is 0.818. The van der Waals surface area contributed by atoms with E-state index >= 15 is 0 Å². The highest BCUT2D eigenvalue weighted by molar-refractivity contribution is 5.68. The first-order valence-electron chi connectivity index (χ1n) is 5.56. The molecule has 0 saturated carbocycles. The molecule has 4 nitrogen and oxygen atoms in total. The molecule has 2 N–H and O–H groups in total. The number of aliphatic carboxylic acids is 1. The summed E-state index contributed by atoms with van der Waals surface area (Å²) in [5, 5.41) is 20.7. The van der Waals surface area contributed by atoms with Crippen LogP contribution < -0.4 is 5.32 Å². The fraction of sp³-hybridized carbons (Fsp3) is 0.385. The molecule has 0 aliphatic heterocycles. The molecule has 1 unspecified atom stereocenters. The third kappa shape index (κ3) is 3.80. The average Bonchev–Trinajstić information content (AvgIpc) is 2.27. The van der Waals surface area contributed by atoms with E-state index in [4.69, 9.17) is 10.4 Å². The first-order chi connectivity index (χ1) is 8.06. The van der Waals surface area contributed by atoms with E-state index in [-0.39, 0.29) is 12.5 Å². The summed E-state index contributed by atoms with van der Waals surface area (Å²) in [4.78, 5) is 10.6. The Labute approximate surface area is 101 Å². The van der Waals surface area contributed by atoms with E-state index in [0.29, 0.717) is 5.56 Å². The van der Waals surface area contributed by atoms with Gasteiger partial charge in [0.25, 0.3) is 0 Å². The molecule has 0 saturated heterocycles. The van der Waals surface area contributed by atoms with E-state index < -0.39 is 5.97 Å². The summed E-state index contributed by atoms with van der Waals surface area (Å²) >= 11 is 0. The fourth-order valence-electron chi connectivity index (χ4n) is 1.62. The molecule has 4 heteroatoms. The van der Waals surface area contributed by atoms with Gasteiger partial charge in [0.2, 0.25) is 0 Å². The molecule has 0 radical (unpaired) electrons. The lowest BCUT2D eigenvalue weighted by molar-refractivity contribution is -0.137. The average molecular weight is 232 g/mol. The van der Waals surface area contributed by atoms with E-state index in [0.717, 1.165) is 17.7 Å². The number of anilines is 1. The maximum atomic E-state index is 10.6. The third-order valence-electron chi connectivity index (χ3n) is 2.63. The van der Waals surface area contributed by atoms with Crippen molar-refractivity contribution < 1.29 is 9.90 Å². The molecule has 1 rings (SSSR count). The number of nitriles is 1. The minimum atomic E-state index is -0.810. The predicted molar refractivity (Wildman–Crippen MR) is 65.8 cm³/mol. The van der Waals surface area contributed by atoms with Gasteiger partial charge in [0.05, 0.1) is 18.1 Å². The molecule has 17 heavy (non-hydrogen) atoms. The van der Waals surface area contributed by atoms with E-state index in [1.165, 1.54) is 0 Å². The zero-order valence-electron chi connectivity index (χ0n) is 10.0. The predicted octanol–water partition coefficient (Wildman–Crippen LogP) is 2.53. The van der Waals surface area contributed by atoms with Crippen molar-refractivity contribution in [2.45, 2.75) is 32.7 Å².